The van der Waals surface area contributed by atoms with Gasteiger partial charge in [0, 0.05) is 18.4 Å². The summed E-state index contributed by atoms with van der Waals surface area (Å²) in [7, 11) is -3.34. The van der Waals surface area contributed by atoms with E-state index in [1.54, 1.807) is 65.1 Å². The van der Waals surface area contributed by atoms with Crippen LogP contribution in [0.15, 0.2) is 53.4 Å². The molecule has 3 rings (SSSR count). The fraction of sp³-hybridized carbons (Fsp3) is 0.286. The van der Waals surface area contributed by atoms with Gasteiger partial charge in [0.05, 0.1) is 14.2 Å². The zero-order chi connectivity index (χ0) is 22.3. The molecule has 0 fully saturated rings. The Morgan fingerprint density at radius 3 is 2.17 bits per heavy atom. The van der Waals surface area contributed by atoms with Gasteiger partial charge in [-0.1, -0.05) is 50.2 Å². The Hall–Kier alpha value is -1.88. The molecule has 30 heavy (non-hydrogen) atoms. The van der Waals surface area contributed by atoms with Gasteiger partial charge in [0.25, 0.3) is 0 Å². The Labute approximate surface area is 187 Å². The van der Waals surface area contributed by atoms with Crippen LogP contribution < -0.4 is 0 Å². The second-order valence-electron chi connectivity index (χ2n) is 7.46. The van der Waals surface area contributed by atoms with Crippen molar-refractivity contribution < 1.29 is 21.6 Å². The second-order valence-corrected chi connectivity index (χ2v) is 10.6. The Morgan fingerprint density at radius 2 is 1.63 bits per heavy atom. The summed E-state index contributed by atoms with van der Waals surface area (Å²) in [4.78, 5) is 0.212. The molecule has 0 saturated heterocycles. The van der Waals surface area contributed by atoms with Crippen LogP contribution in [-0.4, -0.2) is 24.5 Å². The molecule has 0 atom stereocenters. The zero-order valence-electron chi connectivity index (χ0n) is 16.5. The van der Waals surface area contributed by atoms with Gasteiger partial charge in [0.1, 0.15) is 0 Å². The standard InChI is InChI=1S/C21H20F3IN2O2S/c1-13(2)12-27-19(18(25)20(26-27)21(22,23)24)15-9-7-14(8-10-15)16-5-4-6-17(11-16)30(3,28)29/h4-11,13H,12H2,1-3H3. The van der Waals surface area contributed by atoms with Crippen molar-refractivity contribution in [3.63, 3.8) is 0 Å². The number of hydrogen-bond acceptors (Lipinski definition) is 3. The predicted octanol–water partition coefficient (Wildman–Crippen LogP) is 5.90. The number of aromatic nitrogens is 2. The molecule has 0 radical (unpaired) electrons. The third-order valence-corrected chi connectivity index (χ3v) is 6.59. The van der Waals surface area contributed by atoms with Crippen molar-refractivity contribution in [2.45, 2.75) is 31.5 Å². The van der Waals surface area contributed by atoms with E-state index >= 15 is 0 Å². The Kier molecular flexibility index (Phi) is 6.33. The van der Waals surface area contributed by atoms with Crippen molar-refractivity contribution >= 4 is 32.4 Å². The van der Waals surface area contributed by atoms with Crippen molar-refractivity contribution in [1.82, 2.24) is 9.78 Å². The smallest absolute Gasteiger partial charge is 0.263 e. The highest BCUT2D eigenvalue weighted by Crippen LogP contribution is 2.38. The van der Waals surface area contributed by atoms with E-state index in [0.717, 1.165) is 11.8 Å². The van der Waals surface area contributed by atoms with E-state index in [2.05, 4.69) is 5.10 Å². The lowest BCUT2D eigenvalue weighted by Gasteiger charge is -2.11. The molecule has 0 aliphatic heterocycles. The van der Waals surface area contributed by atoms with Crippen molar-refractivity contribution in [3.8, 4) is 22.4 Å². The van der Waals surface area contributed by atoms with Gasteiger partial charge in [-0.15, -0.1) is 0 Å². The molecule has 160 valence electrons. The molecule has 2 aromatic carbocycles. The number of nitrogens with zero attached hydrogens (tertiary/aromatic N) is 2. The number of alkyl halides is 3. The van der Waals surface area contributed by atoms with Gasteiger partial charge >= 0.3 is 6.18 Å². The highest BCUT2D eigenvalue weighted by molar-refractivity contribution is 14.1. The second kappa shape index (κ2) is 8.33. The van der Waals surface area contributed by atoms with Crippen LogP contribution in [0.3, 0.4) is 0 Å². The van der Waals surface area contributed by atoms with Crippen LogP contribution in [0.5, 0.6) is 0 Å². The summed E-state index contributed by atoms with van der Waals surface area (Å²) in [6, 6.07) is 13.6. The summed E-state index contributed by atoms with van der Waals surface area (Å²) in [6.45, 7) is 4.20. The fourth-order valence-electron chi connectivity index (χ4n) is 3.10. The molecule has 0 amide bonds. The van der Waals surface area contributed by atoms with Crippen LogP contribution in [-0.2, 0) is 22.6 Å². The van der Waals surface area contributed by atoms with Gasteiger partial charge in [0.2, 0.25) is 0 Å². The Morgan fingerprint density at radius 1 is 1.03 bits per heavy atom. The Bertz CT molecular complexity index is 1170. The summed E-state index contributed by atoms with van der Waals surface area (Å²) < 4.78 is 65.2. The summed E-state index contributed by atoms with van der Waals surface area (Å²) in [6.07, 6.45) is -3.38. The van der Waals surface area contributed by atoms with Gasteiger partial charge in [-0.05, 0) is 51.8 Å². The molecule has 0 unspecified atom stereocenters. The van der Waals surface area contributed by atoms with E-state index in [-0.39, 0.29) is 14.4 Å². The van der Waals surface area contributed by atoms with Gasteiger partial charge in [-0.25, -0.2) is 8.42 Å². The molecule has 1 aromatic heterocycles. The first-order chi connectivity index (χ1) is 13.9. The molecule has 0 bridgehead atoms. The topological polar surface area (TPSA) is 52.0 Å². The van der Waals surface area contributed by atoms with Gasteiger partial charge in [0.15, 0.2) is 15.5 Å². The normalized spacial score (nSPS) is 12.5. The van der Waals surface area contributed by atoms with E-state index in [1.165, 1.54) is 10.7 Å². The molecular weight excluding hydrogens is 528 g/mol. The van der Waals surface area contributed by atoms with Crippen LogP contribution in [0.25, 0.3) is 22.4 Å². The largest absolute Gasteiger partial charge is 0.436 e. The van der Waals surface area contributed by atoms with Gasteiger partial charge < -0.3 is 0 Å². The minimum atomic E-state index is -4.53. The summed E-state index contributed by atoms with van der Waals surface area (Å²) in [5.41, 5.74) is 1.64. The highest BCUT2D eigenvalue weighted by Gasteiger charge is 2.38. The monoisotopic (exact) mass is 548 g/mol. The minimum Gasteiger partial charge on any atom is -0.263 e. The maximum atomic E-state index is 13.4. The van der Waals surface area contributed by atoms with E-state index in [9.17, 15) is 21.6 Å². The zero-order valence-corrected chi connectivity index (χ0v) is 19.5. The molecule has 0 spiro atoms. The number of hydrogen-bond donors (Lipinski definition) is 0. The lowest BCUT2D eigenvalue weighted by atomic mass is 10.0. The van der Waals surface area contributed by atoms with Crippen molar-refractivity contribution in [2.75, 3.05) is 6.26 Å². The van der Waals surface area contributed by atoms with E-state index in [4.69, 9.17) is 0 Å². The van der Waals surface area contributed by atoms with Gasteiger partial charge in [-0.2, -0.15) is 18.3 Å². The minimum absolute atomic E-state index is 0.0626. The molecule has 0 aliphatic rings. The molecule has 9 heteroatoms. The maximum Gasteiger partial charge on any atom is 0.436 e. The average Bonchev–Trinajstić information content (AvgIpc) is 2.97. The van der Waals surface area contributed by atoms with Crippen LogP contribution in [0.1, 0.15) is 19.5 Å². The third kappa shape index (κ3) is 4.88. The molecule has 3 aromatic rings. The number of sulfone groups is 1. The third-order valence-electron chi connectivity index (χ3n) is 4.46. The fourth-order valence-corrected chi connectivity index (χ4v) is 4.77. The van der Waals surface area contributed by atoms with Crippen molar-refractivity contribution in [2.24, 2.45) is 5.92 Å². The first-order valence-electron chi connectivity index (χ1n) is 9.12. The SMILES string of the molecule is CC(C)Cn1nc(C(F)(F)F)c(I)c1-c1ccc(-c2cccc(S(C)(=O)=O)c2)cc1. The summed E-state index contributed by atoms with van der Waals surface area (Å²) in [5.74, 6) is 0.124. The van der Waals surface area contributed by atoms with Crippen molar-refractivity contribution in [3.05, 3.63) is 57.8 Å². The van der Waals surface area contributed by atoms with Crippen LogP contribution in [0.4, 0.5) is 13.2 Å². The number of halogens is 4. The number of rotatable bonds is 5. The first-order valence-corrected chi connectivity index (χ1v) is 12.1. The predicted molar refractivity (Wildman–Crippen MR) is 119 cm³/mol. The molecule has 4 nitrogen and oxygen atoms in total. The number of benzene rings is 2. The molecule has 1 heterocycles. The Balaban J connectivity index is 2.06. The van der Waals surface area contributed by atoms with E-state index in [0.29, 0.717) is 23.4 Å². The summed E-state index contributed by atoms with van der Waals surface area (Å²) in [5, 5.41) is 3.83. The van der Waals surface area contributed by atoms with Gasteiger partial charge in [-0.3, -0.25) is 4.68 Å². The van der Waals surface area contributed by atoms with Crippen LogP contribution in [0.2, 0.25) is 0 Å². The highest BCUT2D eigenvalue weighted by atomic mass is 127. The average molecular weight is 548 g/mol. The van der Waals surface area contributed by atoms with E-state index in [1.807, 2.05) is 13.8 Å². The lowest BCUT2D eigenvalue weighted by Crippen LogP contribution is -2.11. The maximum absolute atomic E-state index is 13.4. The molecule has 0 aliphatic carbocycles. The quantitative estimate of drug-likeness (QED) is 0.374. The molecule has 0 N–H and O–H groups in total. The van der Waals surface area contributed by atoms with Crippen LogP contribution in [0, 0.1) is 9.49 Å². The summed E-state index contributed by atoms with van der Waals surface area (Å²) >= 11 is 1.70. The molecule has 0 saturated carbocycles. The van der Waals surface area contributed by atoms with E-state index < -0.39 is 21.7 Å². The molecular formula is C21H20F3IN2O2S. The van der Waals surface area contributed by atoms with Crippen molar-refractivity contribution in [1.29, 1.82) is 0 Å². The first kappa shape index (κ1) is 22.8. The lowest BCUT2D eigenvalue weighted by molar-refractivity contribution is -0.142. The van der Waals surface area contributed by atoms with Crippen LogP contribution >= 0.6 is 22.6 Å².